The van der Waals surface area contributed by atoms with Crippen LogP contribution in [0.1, 0.15) is 12.1 Å². The van der Waals surface area contributed by atoms with Gasteiger partial charge in [-0.25, -0.2) is 8.78 Å². The average Bonchev–Trinajstić information content (AvgIpc) is 2.69. The molecule has 0 amide bonds. The van der Waals surface area contributed by atoms with Gasteiger partial charge in [0.25, 0.3) is 5.92 Å². The van der Waals surface area contributed by atoms with Crippen LogP contribution in [-0.2, 0) is 10.2 Å². The van der Waals surface area contributed by atoms with E-state index < -0.39 is 23.7 Å². The molecule has 1 atom stereocenters. The highest BCUT2D eigenvalue weighted by molar-refractivity contribution is 5.90. The average molecular weight is 237 g/mol. The van der Waals surface area contributed by atoms with E-state index in [1.54, 1.807) is 24.3 Å². The van der Waals surface area contributed by atoms with Crippen LogP contribution >= 0.6 is 0 Å². The van der Waals surface area contributed by atoms with Gasteiger partial charge in [-0.1, -0.05) is 18.2 Å². The Morgan fingerprint density at radius 2 is 2.00 bits per heavy atom. The van der Waals surface area contributed by atoms with Gasteiger partial charge in [0.1, 0.15) is 0 Å². The van der Waals surface area contributed by atoms with Gasteiger partial charge in [-0.3, -0.25) is 4.79 Å². The van der Waals surface area contributed by atoms with E-state index in [2.05, 4.69) is 4.98 Å². The predicted octanol–water partition coefficient (Wildman–Crippen LogP) is 2.53. The number of alkyl halides is 2. The lowest BCUT2D eigenvalue weighted by Gasteiger charge is -2.08. The second-order valence-electron chi connectivity index (χ2n) is 4.36. The van der Waals surface area contributed by atoms with E-state index in [-0.39, 0.29) is 5.69 Å². The fourth-order valence-electron chi connectivity index (χ4n) is 2.23. The number of carboxylic acids is 1. The summed E-state index contributed by atoms with van der Waals surface area (Å²) < 4.78 is 26.6. The largest absolute Gasteiger partial charge is 0.480 e. The highest BCUT2D eigenvalue weighted by atomic mass is 19.3. The number of hydrogen-bond acceptors (Lipinski definition) is 1. The molecule has 2 aromatic rings. The molecule has 2 N–H and O–H groups in total. The zero-order chi connectivity index (χ0) is 12.3. The highest BCUT2D eigenvalue weighted by Crippen LogP contribution is 2.61. The Bertz CT molecular complexity index is 587. The number of H-pyrrole nitrogens is 1. The number of nitrogens with one attached hydrogen (secondary N) is 1. The smallest absolute Gasteiger partial charge is 0.322 e. The molecule has 1 heterocycles. The highest BCUT2D eigenvalue weighted by Gasteiger charge is 2.78. The normalized spacial score (nSPS) is 26.0. The Morgan fingerprint density at radius 3 is 2.53 bits per heavy atom. The van der Waals surface area contributed by atoms with Gasteiger partial charge in [-0.2, -0.15) is 0 Å². The molecule has 0 saturated heterocycles. The monoisotopic (exact) mass is 237 g/mol. The molecule has 0 aliphatic heterocycles. The van der Waals surface area contributed by atoms with Crippen LogP contribution in [0.5, 0.6) is 0 Å². The van der Waals surface area contributed by atoms with Gasteiger partial charge >= 0.3 is 5.97 Å². The fraction of sp³-hybridized carbons (Fsp3) is 0.250. The number of aromatic nitrogens is 1. The number of aromatic amines is 1. The van der Waals surface area contributed by atoms with Crippen molar-refractivity contribution < 1.29 is 18.7 Å². The molecule has 1 fully saturated rings. The maximum atomic E-state index is 13.3. The van der Waals surface area contributed by atoms with Crippen molar-refractivity contribution >= 4 is 16.9 Å². The number of para-hydroxylation sites is 1. The summed E-state index contributed by atoms with van der Waals surface area (Å²) in [5.74, 6) is -4.64. The minimum atomic E-state index is -3.17. The third-order valence-electron chi connectivity index (χ3n) is 3.34. The van der Waals surface area contributed by atoms with Gasteiger partial charge in [-0.05, 0) is 17.5 Å². The minimum absolute atomic E-state index is 0.0798. The molecule has 3 nitrogen and oxygen atoms in total. The Morgan fingerprint density at radius 1 is 1.35 bits per heavy atom. The SMILES string of the molecule is O=C(O)C1(c2cc3ccccc3[nH]2)CC1(F)F. The zero-order valence-electron chi connectivity index (χ0n) is 8.71. The fourth-order valence-corrected chi connectivity index (χ4v) is 2.23. The summed E-state index contributed by atoms with van der Waals surface area (Å²) in [4.78, 5) is 13.9. The lowest BCUT2D eigenvalue weighted by molar-refractivity contribution is -0.143. The van der Waals surface area contributed by atoms with Crippen LogP contribution in [0.4, 0.5) is 8.78 Å². The van der Waals surface area contributed by atoms with E-state index >= 15 is 0 Å². The molecule has 3 rings (SSSR count). The Kier molecular flexibility index (Phi) is 1.72. The molecule has 0 radical (unpaired) electrons. The quantitative estimate of drug-likeness (QED) is 0.843. The third-order valence-corrected chi connectivity index (χ3v) is 3.34. The second kappa shape index (κ2) is 2.85. The van der Waals surface area contributed by atoms with Gasteiger partial charge < -0.3 is 10.1 Å². The Hall–Kier alpha value is -1.91. The molecule has 88 valence electrons. The third kappa shape index (κ3) is 1.16. The molecular formula is C12H9F2NO2. The van der Waals surface area contributed by atoms with Gasteiger partial charge in [0.2, 0.25) is 0 Å². The molecule has 0 spiro atoms. The van der Waals surface area contributed by atoms with Gasteiger partial charge in [-0.15, -0.1) is 0 Å². The number of rotatable bonds is 2. The number of hydrogen-bond donors (Lipinski definition) is 2. The van der Waals surface area contributed by atoms with Crippen LogP contribution in [0.15, 0.2) is 30.3 Å². The van der Waals surface area contributed by atoms with E-state index in [9.17, 15) is 13.6 Å². The zero-order valence-corrected chi connectivity index (χ0v) is 8.71. The number of carboxylic acid groups (broad SMARTS) is 1. The summed E-state index contributed by atoms with van der Waals surface area (Å²) in [7, 11) is 0. The van der Waals surface area contributed by atoms with E-state index in [1.165, 1.54) is 6.07 Å². The number of benzene rings is 1. The first-order valence-electron chi connectivity index (χ1n) is 5.17. The summed E-state index contributed by atoms with van der Waals surface area (Å²) in [6.07, 6.45) is -0.637. The first-order chi connectivity index (χ1) is 7.97. The van der Waals surface area contributed by atoms with Crippen molar-refractivity contribution in [1.82, 2.24) is 4.98 Å². The minimum Gasteiger partial charge on any atom is -0.480 e. The Labute approximate surface area is 95.1 Å². The number of aliphatic carboxylic acids is 1. The van der Waals surface area contributed by atoms with Crippen LogP contribution in [0.2, 0.25) is 0 Å². The molecule has 1 aromatic carbocycles. The maximum absolute atomic E-state index is 13.3. The topological polar surface area (TPSA) is 53.1 Å². The van der Waals surface area contributed by atoms with Crippen LogP contribution in [0.25, 0.3) is 10.9 Å². The van der Waals surface area contributed by atoms with Crippen molar-refractivity contribution in [1.29, 1.82) is 0 Å². The molecule has 1 aromatic heterocycles. The molecule has 17 heavy (non-hydrogen) atoms. The number of fused-ring (bicyclic) bond motifs is 1. The molecule has 1 aliphatic carbocycles. The number of carbonyl (C=O) groups is 1. The molecular weight excluding hydrogens is 228 g/mol. The molecule has 1 unspecified atom stereocenters. The van der Waals surface area contributed by atoms with Crippen molar-refractivity contribution in [3.05, 3.63) is 36.0 Å². The molecule has 1 aliphatic rings. The summed E-state index contributed by atoms with van der Waals surface area (Å²) in [5, 5.41) is 9.76. The summed E-state index contributed by atoms with van der Waals surface area (Å²) >= 11 is 0. The lowest BCUT2D eigenvalue weighted by atomic mass is 10.0. The maximum Gasteiger partial charge on any atom is 0.322 e. The molecule has 1 saturated carbocycles. The first-order valence-corrected chi connectivity index (χ1v) is 5.17. The second-order valence-corrected chi connectivity index (χ2v) is 4.36. The van der Waals surface area contributed by atoms with Crippen molar-refractivity contribution in [2.75, 3.05) is 0 Å². The van der Waals surface area contributed by atoms with Crippen LogP contribution in [0, 0.1) is 0 Å². The standard InChI is InChI=1S/C12H9F2NO2/c13-12(14)6-11(12,10(16)17)9-5-7-3-1-2-4-8(7)15-9/h1-5,15H,6H2,(H,16,17). The van der Waals surface area contributed by atoms with E-state index in [0.717, 1.165) is 5.39 Å². The van der Waals surface area contributed by atoms with Crippen molar-refractivity contribution in [3.63, 3.8) is 0 Å². The summed E-state index contributed by atoms with van der Waals surface area (Å²) in [6.45, 7) is 0. The van der Waals surface area contributed by atoms with Gasteiger partial charge in [0.05, 0.1) is 0 Å². The Balaban J connectivity index is 2.18. The van der Waals surface area contributed by atoms with Crippen LogP contribution < -0.4 is 0 Å². The van der Waals surface area contributed by atoms with Gasteiger partial charge in [0, 0.05) is 17.6 Å². The predicted molar refractivity (Wildman–Crippen MR) is 57.2 cm³/mol. The molecule has 0 bridgehead atoms. The van der Waals surface area contributed by atoms with E-state index in [1.807, 2.05) is 0 Å². The lowest BCUT2D eigenvalue weighted by Crippen LogP contribution is -2.27. The van der Waals surface area contributed by atoms with Crippen LogP contribution in [-0.4, -0.2) is 22.0 Å². The van der Waals surface area contributed by atoms with Crippen molar-refractivity contribution in [2.24, 2.45) is 0 Å². The van der Waals surface area contributed by atoms with E-state index in [4.69, 9.17) is 5.11 Å². The van der Waals surface area contributed by atoms with Crippen molar-refractivity contribution in [3.8, 4) is 0 Å². The molecule has 5 heteroatoms. The number of halogens is 2. The van der Waals surface area contributed by atoms with E-state index in [0.29, 0.717) is 5.52 Å². The first kappa shape index (κ1) is 10.3. The van der Waals surface area contributed by atoms with Crippen molar-refractivity contribution in [2.45, 2.75) is 17.8 Å². The summed E-state index contributed by atoms with van der Waals surface area (Å²) in [6, 6.07) is 8.52. The van der Waals surface area contributed by atoms with Gasteiger partial charge in [0.15, 0.2) is 5.41 Å². The van der Waals surface area contributed by atoms with Crippen LogP contribution in [0.3, 0.4) is 0 Å². The summed E-state index contributed by atoms with van der Waals surface area (Å²) in [5.41, 5.74) is -1.31.